The van der Waals surface area contributed by atoms with Gasteiger partial charge in [-0.05, 0) is 77.8 Å². The van der Waals surface area contributed by atoms with Gasteiger partial charge in [0, 0.05) is 23.4 Å². The summed E-state index contributed by atoms with van der Waals surface area (Å²) in [6.45, 7) is 12.6. The summed E-state index contributed by atoms with van der Waals surface area (Å²) >= 11 is 0. The van der Waals surface area contributed by atoms with Crippen molar-refractivity contribution in [1.82, 2.24) is 14.9 Å². The number of fused-ring (bicyclic) bond motifs is 1. The third kappa shape index (κ3) is 9.60. The predicted octanol–water partition coefficient (Wildman–Crippen LogP) is 7.20. The van der Waals surface area contributed by atoms with Crippen LogP contribution in [0.3, 0.4) is 0 Å². The largest absolute Gasteiger partial charge is 0.466 e. The molecule has 280 valence electrons. The number of anilines is 2. The van der Waals surface area contributed by atoms with E-state index >= 15 is 4.79 Å². The molecule has 3 aromatic carbocycles. The molecule has 0 saturated heterocycles. The maximum absolute atomic E-state index is 15.0. The molecular weight excluding hydrogens is 686 g/mol. The summed E-state index contributed by atoms with van der Waals surface area (Å²) in [5.74, 6) is 5.01. The number of aryl methyl sites for hydroxylation is 1. The van der Waals surface area contributed by atoms with Gasteiger partial charge in [0.1, 0.15) is 11.6 Å². The third-order valence-electron chi connectivity index (χ3n) is 8.26. The number of benzene rings is 3. The molecule has 1 aliphatic rings. The van der Waals surface area contributed by atoms with E-state index in [1.54, 1.807) is 63.8 Å². The van der Waals surface area contributed by atoms with Crippen molar-refractivity contribution in [2.75, 3.05) is 23.4 Å². The van der Waals surface area contributed by atoms with Crippen LogP contribution in [0.2, 0.25) is 0 Å². The Kier molecular flexibility index (Phi) is 12.3. The molecule has 0 spiro atoms. The van der Waals surface area contributed by atoms with Gasteiger partial charge in [0.25, 0.3) is 11.8 Å². The summed E-state index contributed by atoms with van der Waals surface area (Å²) in [4.78, 5) is 66.8. The van der Waals surface area contributed by atoms with E-state index < -0.39 is 35.7 Å². The summed E-state index contributed by atoms with van der Waals surface area (Å²) in [5, 5.41) is 2.51. The van der Waals surface area contributed by atoms with E-state index in [9.17, 15) is 14.4 Å². The molecule has 2 atom stereocenters. The summed E-state index contributed by atoms with van der Waals surface area (Å²) in [5.41, 5.74) is 2.37. The molecule has 5 rings (SSSR count). The van der Waals surface area contributed by atoms with Crippen LogP contribution in [0.15, 0.2) is 84.9 Å². The molecule has 12 nitrogen and oxygen atoms in total. The second-order valence-corrected chi connectivity index (χ2v) is 13.9. The minimum Gasteiger partial charge on any atom is -0.466 e. The zero-order chi connectivity index (χ0) is 39.0. The number of nitrogens with zero attached hydrogens (tertiary/aromatic N) is 4. The van der Waals surface area contributed by atoms with Crippen molar-refractivity contribution in [1.29, 1.82) is 0 Å². The van der Waals surface area contributed by atoms with E-state index in [4.69, 9.17) is 14.2 Å². The van der Waals surface area contributed by atoms with Gasteiger partial charge in [0.2, 0.25) is 11.8 Å². The molecule has 1 aliphatic heterocycles. The first-order valence-corrected chi connectivity index (χ1v) is 17.8. The third-order valence-corrected chi connectivity index (χ3v) is 8.26. The lowest BCUT2D eigenvalue weighted by molar-refractivity contribution is -0.145. The number of hydrogen-bond donors (Lipinski definition) is 1. The molecule has 1 N–H and O–H groups in total. The number of ether oxygens (including phenoxy) is 3. The summed E-state index contributed by atoms with van der Waals surface area (Å²) in [7, 11) is 0. The SMILES string of the molecule is CCOC(=O)CC(c1ccccc1)N1C(=O)c2cc(C#CCOc3cc(C)nc(NC(=O)OC(C)(C)C)n3)ccc2N(C(C)C)C(=O)C1c1ccccc1. The average molecular weight is 732 g/mol. The fraction of sp³-hybridized carbons (Fsp3) is 0.333. The average Bonchev–Trinajstić information content (AvgIpc) is 3.20. The van der Waals surface area contributed by atoms with E-state index in [2.05, 4.69) is 27.1 Å². The quantitative estimate of drug-likeness (QED) is 0.133. The van der Waals surface area contributed by atoms with E-state index in [1.807, 2.05) is 74.5 Å². The van der Waals surface area contributed by atoms with Crippen LogP contribution in [-0.4, -0.2) is 63.6 Å². The molecule has 2 heterocycles. The maximum atomic E-state index is 15.0. The van der Waals surface area contributed by atoms with Crippen molar-refractivity contribution < 1.29 is 33.4 Å². The van der Waals surface area contributed by atoms with Crippen LogP contribution in [0.25, 0.3) is 0 Å². The van der Waals surface area contributed by atoms with Gasteiger partial charge in [-0.25, -0.2) is 9.78 Å². The first kappa shape index (κ1) is 39.0. The molecule has 0 saturated carbocycles. The Morgan fingerprint density at radius 3 is 2.28 bits per heavy atom. The number of rotatable bonds is 10. The fourth-order valence-corrected chi connectivity index (χ4v) is 6.16. The van der Waals surface area contributed by atoms with Gasteiger partial charge < -0.3 is 24.0 Å². The lowest BCUT2D eigenvalue weighted by Gasteiger charge is -2.37. The Labute approximate surface area is 315 Å². The molecule has 12 heteroatoms. The van der Waals surface area contributed by atoms with Gasteiger partial charge >= 0.3 is 12.1 Å². The van der Waals surface area contributed by atoms with Crippen LogP contribution in [-0.2, 0) is 19.1 Å². The standard InChI is InChI=1S/C42H45N5O7/c1-8-52-36(48)26-34(30-17-11-9-12-18-30)47-37(31-19-13-10-14-20-31)39(50)46(27(2)3)33-22-21-29(25-32(33)38(47)49)16-15-23-53-35-24-28(4)43-40(44-35)45-41(51)54-42(5,6)7/h9-14,17-22,24-25,27,34,37H,8,23,26H2,1-7H3,(H,43,44,45,51). The van der Waals surface area contributed by atoms with Crippen molar-refractivity contribution in [3.63, 3.8) is 0 Å². The van der Waals surface area contributed by atoms with E-state index in [0.717, 1.165) is 0 Å². The Morgan fingerprint density at radius 1 is 0.944 bits per heavy atom. The molecular formula is C42H45N5O7. The Hall–Kier alpha value is -6.22. The van der Waals surface area contributed by atoms with Gasteiger partial charge in [-0.2, -0.15) is 4.98 Å². The molecule has 54 heavy (non-hydrogen) atoms. The highest BCUT2D eigenvalue weighted by Crippen LogP contribution is 2.42. The second kappa shape index (κ2) is 17.1. The molecule has 0 aliphatic carbocycles. The highest BCUT2D eigenvalue weighted by molar-refractivity contribution is 6.12. The number of nitrogens with one attached hydrogen (secondary N) is 1. The predicted molar refractivity (Wildman–Crippen MR) is 204 cm³/mol. The maximum Gasteiger partial charge on any atom is 0.414 e. The van der Waals surface area contributed by atoms with Crippen molar-refractivity contribution in [2.24, 2.45) is 0 Å². The number of aromatic nitrogens is 2. The Balaban J connectivity index is 1.51. The van der Waals surface area contributed by atoms with Crippen LogP contribution >= 0.6 is 0 Å². The van der Waals surface area contributed by atoms with Crippen LogP contribution < -0.4 is 15.0 Å². The number of hydrogen-bond acceptors (Lipinski definition) is 9. The summed E-state index contributed by atoms with van der Waals surface area (Å²) < 4.78 is 16.4. The van der Waals surface area contributed by atoms with Crippen molar-refractivity contribution in [2.45, 2.75) is 78.6 Å². The number of carbonyl (C=O) groups is 4. The highest BCUT2D eigenvalue weighted by Gasteiger charge is 2.45. The van der Waals surface area contributed by atoms with Crippen LogP contribution in [0.1, 0.15) is 92.8 Å². The van der Waals surface area contributed by atoms with Gasteiger partial charge in [-0.15, -0.1) is 0 Å². The highest BCUT2D eigenvalue weighted by atomic mass is 16.6. The fourth-order valence-electron chi connectivity index (χ4n) is 6.16. The molecule has 0 bridgehead atoms. The molecule has 1 aromatic heterocycles. The lowest BCUT2D eigenvalue weighted by atomic mass is 9.95. The Morgan fingerprint density at radius 2 is 1.63 bits per heavy atom. The Bertz CT molecular complexity index is 2050. The number of carbonyl (C=O) groups excluding carboxylic acids is 4. The summed E-state index contributed by atoms with van der Waals surface area (Å²) in [6, 6.07) is 22.9. The minimum absolute atomic E-state index is 0.0239. The number of esters is 1. The van der Waals surface area contributed by atoms with E-state index in [-0.39, 0.29) is 49.0 Å². The molecule has 2 unspecified atom stereocenters. The van der Waals surface area contributed by atoms with Crippen molar-refractivity contribution in [3.8, 4) is 17.7 Å². The normalized spacial score (nSPS) is 14.7. The topological polar surface area (TPSA) is 140 Å². The molecule has 0 radical (unpaired) electrons. The number of amides is 3. The van der Waals surface area contributed by atoms with Crippen LogP contribution in [0, 0.1) is 18.8 Å². The van der Waals surface area contributed by atoms with Gasteiger partial charge in [0.05, 0.1) is 30.3 Å². The van der Waals surface area contributed by atoms with Gasteiger partial charge in [-0.1, -0.05) is 72.5 Å². The first-order chi connectivity index (χ1) is 25.8. The van der Waals surface area contributed by atoms with Gasteiger partial charge in [0.15, 0.2) is 6.61 Å². The van der Waals surface area contributed by atoms with Crippen molar-refractivity contribution >= 4 is 35.5 Å². The monoisotopic (exact) mass is 731 g/mol. The smallest absolute Gasteiger partial charge is 0.414 e. The zero-order valence-electron chi connectivity index (χ0n) is 31.6. The first-order valence-electron chi connectivity index (χ1n) is 17.8. The zero-order valence-corrected chi connectivity index (χ0v) is 31.6. The van der Waals surface area contributed by atoms with Gasteiger partial charge in [-0.3, -0.25) is 19.7 Å². The molecule has 3 amide bonds. The van der Waals surface area contributed by atoms with E-state index in [0.29, 0.717) is 28.1 Å². The van der Waals surface area contributed by atoms with Crippen LogP contribution in [0.4, 0.5) is 16.4 Å². The molecule has 4 aromatic rings. The second-order valence-electron chi connectivity index (χ2n) is 13.9. The lowest BCUT2D eigenvalue weighted by Crippen LogP contribution is -2.46. The summed E-state index contributed by atoms with van der Waals surface area (Å²) in [6.07, 6.45) is -0.857. The minimum atomic E-state index is -1.05. The van der Waals surface area contributed by atoms with E-state index in [1.165, 1.54) is 4.90 Å². The molecule has 0 fully saturated rings. The van der Waals surface area contributed by atoms with Crippen LogP contribution in [0.5, 0.6) is 5.88 Å². The van der Waals surface area contributed by atoms with Crippen molar-refractivity contribution in [3.05, 3.63) is 113 Å².